The van der Waals surface area contributed by atoms with Gasteiger partial charge >= 0.3 is 5.97 Å². The van der Waals surface area contributed by atoms with Crippen molar-refractivity contribution in [3.05, 3.63) is 36.5 Å². The quantitative estimate of drug-likeness (QED) is 0.674. The van der Waals surface area contributed by atoms with Gasteiger partial charge in [-0.2, -0.15) is 4.98 Å². The third-order valence-electron chi connectivity index (χ3n) is 4.46. The third kappa shape index (κ3) is 3.34. The molecule has 0 unspecified atom stereocenters. The molecule has 1 fully saturated rings. The van der Waals surface area contributed by atoms with E-state index in [9.17, 15) is 9.59 Å². The first-order valence-electron chi connectivity index (χ1n) is 8.66. The fraction of sp³-hybridized carbons (Fsp3) is 0.263. The molecule has 0 saturated carbocycles. The van der Waals surface area contributed by atoms with Crippen molar-refractivity contribution < 1.29 is 23.8 Å². The smallest absolute Gasteiger partial charge is 0.306 e. The van der Waals surface area contributed by atoms with E-state index in [-0.39, 0.29) is 18.3 Å². The Labute approximate surface area is 160 Å². The normalized spacial score (nSPS) is 16.1. The molecule has 28 heavy (non-hydrogen) atoms. The summed E-state index contributed by atoms with van der Waals surface area (Å²) < 4.78 is 17.2. The van der Waals surface area contributed by atoms with Crippen LogP contribution in [0.2, 0.25) is 0 Å². The first-order chi connectivity index (χ1) is 13.6. The molecule has 3 heterocycles. The third-order valence-corrected chi connectivity index (χ3v) is 4.46. The average Bonchev–Trinajstić information content (AvgIpc) is 3.32. The number of esters is 1. The van der Waals surface area contributed by atoms with Crippen LogP contribution in [0.15, 0.2) is 36.5 Å². The van der Waals surface area contributed by atoms with Crippen molar-refractivity contribution in [2.24, 2.45) is 0 Å². The molecule has 3 aromatic rings. The van der Waals surface area contributed by atoms with Crippen molar-refractivity contribution in [2.45, 2.75) is 18.9 Å². The number of amides is 1. The van der Waals surface area contributed by atoms with Crippen LogP contribution in [0.4, 0.5) is 5.95 Å². The van der Waals surface area contributed by atoms with Gasteiger partial charge in [0.25, 0.3) is 5.91 Å². The lowest BCUT2D eigenvalue weighted by molar-refractivity contribution is -0.146. The summed E-state index contributed by atoms with van der Waals surface area (Å²) in [4.78, 5) is 27.6. The number of anilines is 1. The average molecular weight is 382 g/mol. The molecule has 9 heteroatoms. The van der Waals surface area contributed by atoms with E-state index >= 15 is 0 Å². The van der Waals surface area contributed by atoms with Gasteiger partial charge in [-0.15, -0.1) is 5.10 Å². The van der Waals surface area contributed by atoms with E-state index in [0.717, 1.165) is 11.1 Å². The monoisotopic (exact) mass is 382 g/mol. The maximum Gasteiger partial charge on any atom is 0.306 e. The number of cyclic esters (lactones) is 1. The fourth-order valence-corrected chi connectivity index (χ4v) is 3.04. The highest BCUT2D eigenvalue weighted by atomic mass is 16.6. The van der Waals surface area contributed by atoms with Crippen molar-refractivity contribution in [1.82, 2.24) is 14.6 Å². The molecular formula is C19H18N4O5. The summed E-state index contributed by atoms with van der Waals surface area (Å²) in [6.07, 6.45) is 1.58. The second-order valence-electron chi connectivity index (χ2n) is 6.23. The highest BCUT2D eigenvalue weighted by Gasteiger charge is 2.30. The zero-order valence-corrected chi connectivity index (χ0v) is 15.3. The predicted molar refractivity (Wildman–Crippen MR) is 99.3 cm³/mol. The number of ether oxygens (including phenoxy) is 3. The minimum atomic E-state index is -0.796. The van der Waals surface area contributed by atoms with Gasteiger partial charge in [-0.25, -0.2) is 4.52 Å². The van der Waals surface area contributed by atoms with E-state index in [2.05, 4.69) is 15.4 Å². The lowest BCUT2D eigenvalue weighted by Gasteiger charge is -2.10. The summed E-state index contributed by atoms with van der Waals surface area (Å²) in [5.74, 6) is 0.726. The van der Waals surface area contributed by atoms with Gasteiger partial charge in [0.05, 0.1) is 14.2 Å². The molecule has 0 radical (unpaired) electrons. The molecule has 144 valence electrons. The number of rotatable bonds is 5. The number of benzene rings is 1. The maximum atomic E-state index is 12.2. The summed E-state index contributed by atoms with van der Waals surface area (Å²) in [5.41, 5.74) is 2.24. The van der Waals surface area contributed by atoms with Crippen molar-refractivity contribution in [2.75, 3.05) is 19.5 Å². The van der Waals surface area contributed by atoms with Crippen LogP contribution in [0.25, 0.3) is 16.8 Å². The van der Waals surface area contributed by atoms with E-state index in [1.165, 1.54) is 0 Å². The molecule has 2 aromatic heterocycles. The highest BCUT2D eigenvalue weighted by Crippen LogP contribution is 2.33. The van der Waals surface area contributed by atoms with E-state index in [0.29, 0.717) is 23.6 Å². The highest BCUT2D eigenvalue weighted by molar-refractivity contribution is 5.95. The molecule has 1 saturated heterocycles. The first-order valence-corrected chi connectivity index (χ1v) is 8.66. The number of nitrogens with zero attached hydrogens (tertiary/aromatic N) is 3. The van der Waals surface area contributed by atoms with Crippen LogP contribution in [-0.2, 0) is 14.3 Å². The van der Waals surface area contributed by atoms with Gasteiger partial charge in [0, 0.05) is 30.2 Å². The Balaban J connectivity index is 1.62. The fourth-order valence-electron chi connectivity index (χ4n) is 3.04. The Hall–Kier alpha value is -3.62. The van der Waals surface area contributed by atoms with Crippen molar-refractivity contribution in [1.29, 1.82) is 0 Å². The summed E-state index contributed by atoms with van der Waals surface area (Å²) in [7, 11) is 3.20. The number of hydrogen-bond donors (Lipinski definition) is 1. The Morgan fingerprint density at radius 1 is 1.25 bits per heavy atom. The number of aromatic nitrogens is 3. The molecule has 1 atom stereocenters. The van der Waals surface area contributed by atoms with Crippen LogP contribution in [-0.4, -0.2) is 46.8 Å². The van der Waals surface area contributed by atoms with E-state index in [1.807, 2.05) is 24.3 Å². The lowest BCUT2D eigenvalue weighted by atomic mass is 10.1. The van der Waals surface area contributed by atoms with Gasteiger partial charge < -0.3 is 14.2 Å². The topological polar surface area (TPSA) is 104 Å². The Bertz CT molecular complexity index is 1060. The Morgan fingerprint density at radius 3 is 2.82 bits per heavy atom. The van der Waals surface area contributed by atoms with Gasteiger partial charge in [0.15, 0.2) is 11.8 Å². The maximum absolute atomic E-state index is 12.2. The van der Waals surface area contributed by atoms with Crippen molar-refractivity contribution in [3.8, 4) is 22.6 Å². The van der Waals surface area contributed by atoms with Gasteiger partial charge in [0.1, 0.15) is 11.5 Å². The molecular weight excluding hydrogens is 364 g/mol. The summed E-state index contributed by atoms with van der Waals surface area (Å²) in [6.45, 7) is 0. The van der Waals surface area contributed by atoms with E-state index in [1.54, 1.807) is 31.0 Å². The van der Waals surface area contributed by atoms with Crippen LogP contribution in [0.5, 0.6) is 11.5 Å². The molecule has 0 aliphatic carbocycles. The van der Waals surface area contributed by atoms with Gasteiger partial charge in [-0.05, 0) is 30.3 Å². The second kappa shape index (κ2) is 7.18. The number of methoxy groups -OCH3 is 2. The number of hydrogen-bond acceptors (Lipinski definition) is 7. The molecule has 1 N–H and O–H groups in total. The molecule has 1 aliphatic heterocycles. The van der Waals surface area contributed by atoms with E-state index in [4.69, 9.17) is 14.2 Å². The molecule has 1 amide bonds. The Kier molecular flexibility index (Phi) is 4.56. The molecule has 0 spiro atoms. The minimum Gasteiger partial charge on any atom is -0.497 e. The number of carbonyl (C=O) groups excluding carboxylic acids is 2. The predicted octanol–water partition coefficient (Wildman–Crippen LogP) is 2.06. The summed E-state index contributed by atoms with van der Waals surface area (Å²) in [6, 6.07) is 9.18. The number of pyridine rings is 1. The van der Waals surface area contributed by atoms with Gasteiger partial charge in [-0.3, -0.25) is 14.9 Å². The molecule has 4 rings (SSSR count). The lowest BCUT2D eigenvalue weighted by Crippen LogP contribution is -2.27. The van der Waals surface area contributed by atoms with Gasteiger partial charge in [-0.1, -0.05) is 0 Å². The molecule has 9 nitrogen and oxygen atoms in total. The van der Waals surface area contributed by atoms with E-state index < -0.39 is 12.0 Å². The zero-order chi connectivity index (χ0) is 19.7. The SMILES string of the molecule is COc1ccc(OC)c(-c2ccc3nc(NC(=O)[C@H]4CCC(=O)O4)nn3c2)c1. The largest absolute Gasteiger partial charge is 0.497 e. The molecule has 1 aliphatic rings. The number of fused-ring (bicyclic) bond motifs is 1. The summed E-state index contributed by atoms with van der Waals surface area (Å²) >= 11 is 0. The summed E-state index contributed by atoms with van der Waals surface area (Å²) in [5, 5.41) is 6.88. The second-order valence-corrected chi connectivity index (χ2v) is 6.23. The molecule has 0 bridgehead atoms. The van der Waals surface area contributed by atoms with Crippen LogP contribution < -0.4 is 14.8 Å². The minimum absolute atomic E-state index is 0.141. The molecule has 1 aromatic carbocycles. The Morgan fingerprint density at radius 2 is 2.11 bits per heavy atom. The first kappa shape index (κ1) is 17.8. The van der Waals surface area contributed by atoms with Crippen LogP contribution in [0.3, 0.4) is 0 Å². The number of nitrogens with one attached hydrogen (secondary N) is 1. The standard InChI is InChI=1S/C19H18N4O5/c1-26-12-4-5-14(27-2)13(9-12)11-3-7-16-20-19(22-23(16)10-11)21-18(25)15-6-8-17(24)28-15/h3-5,7,9-10,15H,6,8H2,1-2H3,(H,21,22,25)/t15-/m1/s1. The van der Waals surface area contributed by atoms with Crippen LogP contribution in [0, 0.1) is 0 Å². The van der Waals surface area contributed by atoms with Crippen molar-refractivity contribution in [3.63, 3.8) is 0 Å². The van der Waals surface area contributed by atoms with Crippen LogP contribution in [0.1, 0.15) is 12.8 Å². The van der Waals surface area contributed by atoms with Crippen molar-refractivity contribution >= 4 is 23.5 Å². The van der Waals surface area contributed by atoms with Crippen LogP contribution >= 0.6 is 0 Å². The zero-order valence-electron chi connectivity index (χ0n) is 15.3. The van der Waals surface area contributed by atoms with Gasteiger partial charge in [0.2, 0.25) is 5.95 Å². The number of carbonyl (C=O) groups is 2.